The largest absolute Gasteiger partial charge is 0.346 e. The van der Waals surface area contributed by atoms with Gasteiger partial charge in [-0.1, -0.05) is 72.8 Å². The first-order chi connectivity index (χ1) is 22.6. The molecule has 4 aromatic rings. The van der Waals surface area contributed by atoms with Crippen LogP contribution in [0.3, 0.4) is 0 Å². The predicted octanol–water partition coefficient (Wildman–Crippen LogP) is -5.66. The number of hydrogen-bond acceptors (Lipinski definition) is 12. The molecule has 0 spiro atoms. The highest BCUT2D eigenvalue weighted by Gasteiger charge is 2.52. The summed E-state index contributed by atoms with van der Waals surface area (Å²) in [6.07, 6.45) is 8.17. The second-order valence-electron chi connectivity index (χ2n) is 11.2. The number of nitrogens with zero attached hydrogens (tertiary/aromatic N) is 4. The van der Waals surface area contributed by atoms with Gasteiger partial charge in [-0.15, -0.1) is 20.5 Å². The van der Waals surface area contributed by atoms with Crippen LogP contribution in [0.2, 0.25) is 0 Å². The minimum Gasteiger partial charge on any atom is -0.346 e. The van der Waals surface area contributed by atoms with Gasteiger partial charge in [0, 0.05) is 23.3 Å². The van der Waals surface area contributed by atoms with Crippen LogP contribution < -0.4 is 56.2 Å². The molecule has 2 atom stereocenters. The number of halogens is 2. The molecule has 48 heavy (non-hydrogen) atoms. The maximum Gasteiger partial charge on any atom is 0.279 e. The first-order valence-corrected chi connectivity index (χ1v) is 17.4. The molecule has 0 fully saturated rings. The Bertz CT molecular complexity index is 1470. The molecule has 4 heterocycles. The van der Waals surface area contributed by atoms with Crippen LogP contribution in [0.5, 0.6) is 0 Å². The molecule has 6 rings (SSSR count). The van der Waals surface area contributed by atoms with E-state index < -0.39 is 31.9 Å². The van der Waals surface area contributed by atoms with Crippen molar-refractivity contribution in [3.05, 3.63) is 121 Å². The number of anilines is 2. The highest BCUT2D eigenvalue weighted by molar-refractivity contribution is 5.44. The summed E-state index contributed by atoms with van der Waals surface area (Å²) in [5.74, 6) is 2.11. The third-order valence-corrected chi connectivity index (χ3v) is 8.05. The highest BCUT2D eigenvalue weighted by atomic mass is 35.7. The van der Waals surface area contributed by atoms with Gasteiger partial charge in [0.15, 0.2) is 13.1 Å². The Hall–Kier alpha value is -3.48. The van der Waals surface area contributed by atoms with E-state index in [0.717, 1.165) is 61.5 Å². The fraction of sp³-hybridized carbons (Fsp3) is 0.312. The summed E-state index contributed by atoms with van der Waals surface area (Å²) in [6, 6.07) is 32.3. The number of fused-ring (bicyclic) bond motifs is 2. The molecule has 0 aliphatic carbocycles. The van der Waals surface area contributed by atoms with Crippen molar-refractivity contribution in [2.75, 3.05) is 22.9 Å². The molecule has 2 aliphatic heterocycles. The van der Waals surface area contributed by atoms with Crippen LogP contribution in [-0.2, 0) is 24.5 Å². The summed E-state index contributed by atoms with van der Waals surface area (Å²) in [5.41, 5.74) is -0.237. The quantitative estimate of drug-likeness (QED) is 0.122. The van der Waals surface area contributed by atoms with Crippen molar-refractivity contribution in [3.63, 3.8) is 0 Å². The van der Waals surface area contributed by atoms with Gasteiger partial charge in [-0.3, -0.25) is 0 Å². The Kier molecular flexibility index (Phi) is 12.3. The van der Waals surface area contributed by atoms with E-state index in [2.05, 4.69) is 31.1 Å². The van der Waals surface area contributed by atoms with Crippen molar-refractivity contribution < 1.29 is 77.1 Å². The van der Waals surface area contributed by atoms with Crippen LogP contribution >= 0.6 is 0 Å². The van der Waals surface area contributed by atoms with Crippen LogP contribution in [0, 0.1) is 20.5 Å². The van der Waals surface area contributed by atoms with Gasteiger partial charge >= 0.3 is 0 Å². The number of rotatable bonds is 9. The highest BCUT2D eigenvalue weighted by Crippen LogP contribution is 2.36. The van der Waals surface area contributed by atoms with E-state index in [-0.39, 0.29) is 0 Å². The van der Waals surface area contributed by atoms with Crippen molar-refractivity contribution in [2.24, 2.45) is 0 Å². The van der Waals surface area contributed by atoms with E-state index in [0.29, 0.717) is 13.1 Å². The number of pyridine rings is 2. The second-order valence-corrected chi connectivity index (χ2v) is 12.7. The van der Waals surface area contributed by atoms with E-state index in [1.54, 1.807) is 0 Å². The van der Waals surface area contributed by atoms with Gasteiger partial charge in [-0.2, -0.15) is 0 Å². The standard InChI is InChI=1S/C32H36N4O2.2ClHO4/c37-31(27-15-5-3-6-16-27)25-33-21-13-9-19-29(33)35(31)23-11-1-2-12-24-36-30-20-10-14-22-34(30)26-32(36,38)28-17-7-4-8-18-28;2*2-1(3,4)5/h3-10,13-22,37-38H,1-2,11-12,23-26H2;2*(H,2,3,4,5)/q+2;;/p-2. The van der Waals surface area contributed by atoms with E-state index in [1.165, 1.54) is 0 Å². The summed E-state index contributed by atoms with van der Waals surface area (Å²) >= 11 is 0. The smallest absolute Gasteiger partial charge is 0.279 e. The lowest BCUT2D eigenvalue weighted by Crippen LogP contribution is -2.68. The molecule has 2 unspecified atom stereocenters. The maximum absolute atomic E-state index is 11.8. The van der Waals surface area contributed by atoms with Gasteiger partial charge in [-0.05, 0) is 37.8 Å². The Morgan fingerprint density at radius 3 is 1.15 bits per heavy atom. The molecule has 14 nitrogen and oxygen atoms in total. The molecule has 0 amide bonds. The lowest BCUT2D eigenvalue weighted by molar-refractivity contribution is -2.00. The fourth-order valence-corrected chi connectivity index (χ4v) is 6.11. The first-order valence-electron chi connectivity index (χ1n) is 14.9. The molecule has 2 aliphatic rings. The summed E-state index contributed by atoms with van der Waals surface area (Å²) in [6.45, 7) is 2.62. The van der Waals surface area contributed by atoms with Gasteiger partial charge in [0.2, 0.25) is 0 Å². The molecule has 0 saturated heterocycles. The SMILES string of the molecule is OC1(c2ccccc2)C[n+]2ccccc2N1CCCCCCN1c2cccc[n+]2CC1(O)c1ccccc1.[O-][Cl+3]([O-])([O-])[O-].[O-][Cl+3]([O-])([O-])[O-]. The zero-order valence-electron chi connectivity index (χ0n) is 25.8. The van der Waals surface area contributed by atoms with Crippen molar-refractivity contribution in [2.45, 2.75) is 50.2 Å². The van der Waals surface area contributed by atoms with Crippen LogP contribution in [0.4, 0.5) is 11.6 Å². The van der Waals surface area contributed by atoms with Crippen molar-refractivity contribution in [3.8, 4) is 0 Å². The van der Waals surface area contributed by atoms with E-state index in [9.17, 15) is 10.2 Å². The lowest BCUT2D eigenvalue weighted by atomic mass is 10.0. The summed E-state index contributed by atoms with van der Waals surface area (Å²) in [7, 11) is -9.89. The monoisotopic (exact) mass is 706 g/mol. The van der Waals surface area contributed by atoms with E-state index in [1.807, 2.05) is 97.3 Å². The Labute approximate surface area is 281 Å². The molecule has 2 aromatic carbocycles. The molecule has 2 aromatic heterocycles. The number of hydrogen-bond donors (Lipinski definition) is 2. The van der Waals surface area contributed by atoms with Gasteiger partial charge < -0.3 is 10.2 Å². The average molecular weight is 708 g/mol. The zero-order valence-corrected chi connectivity index (χ0v) is 27.3. The topological polar surface area (TPSA) is 239 Å². The predicted molar refractivity (Wildman–Crippen MR) is 147 cm³/mol. The first kappa shape index (κ1) is 37.3. The maximum atomic E-state index is 11.8. The van der Waals surface area contributed by atoms with E-state index in [4.69, 9.17) is 37.3 Å². The molecular formula is C32H36Cl2N4O10. The van der Waals surface area contributed by atoms with Crippen LogP contribution in [-0.4, -0.2) is 23.3 Å². The lowest BCUT2D eigenvalue weighted by Gasteiger charge is -2.28. The number of aromatic nitrogens is 2. The Balaban J connectivity index is 0.000000458. The molecule has 0 saturated carbocycles. The van der Waals surface area contributed by atoms with Crippen LogP contribution in [0.25, 0.3) is 0 Å². The summed E-state index contributed by atoms with van der Waals surface area (Å²) in [5, 5.41) is 23.6. The van der Waals surface area contributed by atoms with E-state index >= 15 is 0 Å². The van der Waals surface area contributed by atoms with Gasteiger partial charge in [0.1, 0.15) is 0 Å². The molecule has 258 valence electrons. The van der Waals surface area contributed by atoms with Crippen molar-refractivity contribution >= 4 is 11.6 Å². The Morgan fingerprint density at radius 1 is 0.500 bits per heavy atom. The third-order valence-electron chi connectivity index (χ3n) is 8.05. The van der Waals surface area contributed by atoms with Crippen LogP contribution in [0.15, 0.2) is 109 Å². The van der Waals surface area contributed by atoms with Crippen LogP contribution in [0.1, 0.15) is 36.8 Å². The number of benzene rings is 2. The normalized spacial score (nSPS) is 19.9. The minimum atomic E-state index is -4.94. The van der Waals surface area contributed by atoms with Gasteiger partial charge in [0.05, 0.1) is 25.5 Å². The summed E-state index contributed by atoms with van der Waals surface area (Å²) < 4.78 is 72.2. The van der Waals surface area contributed by atoms with Crippen molar-refractivity contribution in [1.82, 2.24) is 0 Å². The summed E-state index contributed by atoms with van der Waals surface area (Å²) in [4.78, 5) is 4.31. The number of aliphatic hydroxyl groups is 2. The zero-order chi connectivity index (χ0) is 35.0. The van der Waals surface area contributed by atoms with Gasteiger partial charge in [0.25, 0.3) is 23.1 Å². The number of unbranched alkanes of at least 4 members (excludes halogenated alkanes) is 3. The second kappa shape index (κ2) is 15.8. The molecular weight excluding hydrogens is 671 g/mol. The molecule has 16 heteroatoms. The van der Waals surface area contributed by atoms with Crippen molar-refractivity contribution in [1.29, 1.82) is 0 Å². The van der Waals surface area contributed by atoms with Gasteiger partial charge in [-0.25, -0.2) is 56.2 Å². The average Bonchev–Trinajstić information content (AvgIpc) is 3.49. The molecule has 0 radical (unpaired) electrons. The third kappa shape index (κ3) is 10.0. The molecule has 0 bridgehead atoms. The fourth-order valence-electron chi connectivity index (χ4n) is 6.11. The Morgan fingerprint density at radius 2 is 0.812 bits per heavy atom. The molecule has 2 N–H and O–H groups in total. The minimum absolute atomic E-state index is 0.525.